The van der Waals surface area contributed by atoms with Crippen LogP contribution < -0.4 is 4.72 Å². The fourth-order valence-electron chi connectivity index (χ4n) is 4.31. The second-order valence-electron chi connectivity index (χ2n) is 9.13. The van der Waals surface area contributed by atoms with Crippen molar-refractivity contribution >= 4 is 32.5 Å². The fourth-order valence-corrected chi connectivity index (χ4v) is 4.87. The average Bonchev–Trinajstić information content (AvgIpc) is 3.43. The maximum atomic E-state index is 12.9. The maximum Gasteiger partial charge on any atom is 0.229 e. The van der Waals surface area contributed by atoms with Gasteiger partial charge in [-0.2, -0.15) is 0 Å². The van der Waals surface area contributed by atoms with Crippen molar-refractivity contribution in [2.75, 3.05) is 11.0 Å². The molecule has 5 rings (SSSR count). The first-order valence-corrected chi connectivity index (χ1v) is 14.2. The van der Waals surface area contributed by atoms with Crippen LogP contribution in [0.15, 0.2) is 91.5 Å². The third kappa shape index (κ3) is 6.12. The summed E-state index contributed by atoms with van der Waals surface area (Å²) in [7, 11) is -3.44. The molecule has 0 aliphatic carbocycles. The lowest BCUT2D eigenvalue weighted by molar-refractivity contribution is 0.0979. The van der Waals surface area contributed by atoms with E-state index in [2.05, 4.69) is 9.71 Å². The number of sulfonamides is 1. The number of nitrogens with one attached hydrogen (secondary N) is 1. The zero-order chi connectivity index (χ0) is 26.5. The summed E-state index contributed by atoms with van der Waals surface area (Å²) in [4.78, 5) is 26.8. The summed E-state index contributed by atoms with van der Waals surface area (Å²) in [6, 6.07) is 22.2. The molecule has 5 aromatic rings. The largest absolute Gasteiger partial charge is 0.337 e. The van der Waals surface area contributed by atoms with Crippen LogP contribution in [0.4, 0.5) is 5.69 Å². The number of nitrogens with zero attached hydrogens (tertiary/aromatic N) is 4. The highest BCUT2D eigenvalue weighted by molar-refractivity contribution is 7.92. The molecule has 0 saturated carbocycles. The molecule has 0 fully saturated rings. The second-order valence-corrected chi connectivity index (χ2v) is 10.9. The zero-order valence-electron chi connectivity index (χ0n) is 20.9. The van der Waals surface area contributed by atoms with Crippen LogP contribution in [0.1, 0.15) is 29.6 Å². The summed E-state index contributed by atoms with van der Waals surface area (Å²) in [5, 5.41) is 0. The van der Waals surface area contributed by atoms with E-state index >= 15 is 0 Å². The summed E-state index contributed by atoms with van der Waals surface area (Å²) in [6.45, 7) is 0.829. The van der Waals surface area contributed by atoms with Crippen molar-refractivity contribution in [3.63, 3.8) is 0 Å². The molecule has 2 heterocycles. The van der Waals surface area contributed by atoms with Gasteiger partial charge < -0.3 is 4.57 Å². The number of unbranched alkanes of at least 4 members (excludes halogenated alkanes) is 1. The number of aryl methyl sites for hydroxylation is 1. The van der Waals surface area contributed by atoms with Gasteiger partial charge in [0.25, 0.3) is 0 Å². The maximum absolute atomic E-state index is 12.9. The summed E-state index contributed by atoms with van der Waals surface area (Å²) in [5.74, 6) is 0.0624. The monoisotopic (exact) mass is 525 g/mol. The van der Waals surface area contributed by atoms with Gasteiger partial charge in [0, 0.05) is 47.7 Å². The molecule has 0 bridgehead atoms. The van der Waals surface area contributed by atoms with Crippen LogP contribution in [-0.4, -0.2) is 40.0 Å². The Balaban J connectivity index is 1.48. The first kappa shape index (κ1) is 25.3. The van der Waals surface area contributed by atoms with Gasteiger partial charge in [-0.15, -0.1) is 0 Å². The van der Waals surface area contributed by atoms with Crippen molar-refractivity contribution in [1.29, 1.82) is 0 Å². The molecule has 1 N–H and O–H groups in total. The van der Waals surface area contributed by atoms with E-state index in [1.54, 1.807) is 42.9 Å². The molecule has 8 nitrogen and oxygen atoms in total. The number of hydrogen-bond donors (Lipinski definition) is 1. The lowest BCUT2D eigenvalue weighted by atomic mass is 10.0. The highest BCUT2D eigenvalue weighted by Gasteiger charge is 2.16. The van der Waals surface area contributed by atoms with Crippen molar-refractivity contribution in [1.82, 2.24) is 19.5 Å². The topological polar surface area (TPSA) is 107 Å². The Hall–Kier alpha value is -4.37. The molecule has 0 amide bonds. The van der Waals surface area contributed by atoms with E-state index < -0.39 is 10.0 Å². The number of hydrogen-bond acceptors (Lipinski definition) is 6. The van der Waals surface area contributed by atoms with Gasteiger partial charge in [-0.1, -0.05) is 42.5 Å². The Morgan fingerprint density at radius 3 is 2.39 bits per heavy atom. The molecule has 0 atom stereocenters. The quantitative estimate of drug-likeness (QED) is 0.188. The smallest absolute Gasteiger partial charge is 0.229 e. The summed E-state index contributed by atoms with van der Waals surface area (Å²) >= 11 is 0. The van der Waals surface area contributed by atoms with Crippen LogP contribution in [0.3, 0.4) is 0 Å². The highest BCUT2D eigenvalue weighted by Crippen LogP contribution is 2.32. The molecule has 3 aromatic carbocycles. The number of Topliss-reactive ketones (excluding diaryl/α,β-unsaturated/α-hetero) is 1. The van der Waals surface area contributed by atoms with Crippen LogP contribution in [0.25, 0.3) is 33.5 Å². The van der Waals surface area contributed by atoms with Gasteiger partial charge in [0.1, 0.15) is 0 Å². The minimum atomic E-state index is -3.44. The Kier molecular flexibility index (Phi) is 7.28. The Labute approximate surface area is 221 Å². The number of aromatic nitrogens is 4. The molecule has 38 heavy (non-hydrogen) atoms. The van der Waals surface area contributed by atoms with Crippen LogP contribution in [0.2, 0.25) is 0 Å². The van der Waals surface area contributed by atoms with Gasteiger partial charge in [-0.25, -0.2) is 23.4 Å². The van der Waals surface area contributed by atoms with Gasteiger partial charge in [0.2, 0.25) is 10.0 Å². The normalized spacial score (nSPS) is 11.5. The lowest BCUT2D eigenvalue weighted by Crippen LogP contribution is -2.09. The lowest BCUT2D eigenvalue weighted by Gasteiger charge is -2.12. The van der Waals surface area contributed by atoms with E-state index in [-0.39, 0.29) is 5.78 Å². The van der Waals surface area contributed by atoms with Crippen LogP contribution in [0, 0.1) is 0 Å². The molecule has 2 aromatic heterocycles. The number of ketones is 1. The Bertz CT molecular complexity index is 1680. The molecule has 192 valence electrons. The number of rotatable bonds is 10. The number of fused-ring (bicyclic) bond motifs is 1. The average molecular weight is 526 g/mol. The number of anilines is 1. The summed E-state index contributed by atoms with van der Waals surface area (Å²) in [5.41, 5.74) is 5.18. The summed E-state index contributed by atoms with van der Waals surface area (Å²) in [6.07, 6.45) is 8.66. The molecule has 0 saturated heterocycles. The standard InChI is InChI=1S/C29H27N5O3S/c1-38(36,37)33-24-11-7-10-23(18-24)29-28(21-8-3-2-4-9-21)31-25-14-13-22(19-26(25)32-29)27(35)12-5-6-16-34-17-15-30-20-34/h2-4,7-11,13-15,17-20,33H,5-6,12,16H2,1H3. The van der Waals surface area contributed by atoms with Crippen LogP contribution in [0.5, 0.6) is 0 Å². The Morgan fingerprint density at radius 2 is 1.63 bits per heavy atom. The van der Waals surface area contributed by atoms with E-state index in [4.69, 9.17) is 9.97 Å². The molecule has 0 aliphatic rings. The van der Waals surface area contributed by atoms with Gasteiger partial charge in [-0.3, -0.25) is 9.52 Å². The molecule has 0 spiro atoms. The molecular formula is C29H27N5O3S. The molecule has 0 unspecified atom stereocenters. The molecule has 9 heteroatoms. The van der Waals surface area contributed by atoms with Crippen molar-refractivity contribution in [2.24, 2.45) is 0 Å². The van der Waals surface area contributed by atoms with E-state index in [0.717, 1.165) is 31.2 Å². The van der Waals surface area contributed by atoms with Crippen LogP contribution in [-0.2, 0) is 16.6 Å². The van der Waals surface area contributed by atoms with Crippen LogP contribution >= 0.6 is 0 Å². The number of benzene rings is 3. The van der Waals surface area contributed by atoms with E-state index in [1.165, 1.54) is 0 Å². The zero-order valence-corrected chi connectivity index (χ0v) is 21.7. The predicted octanol–water partition coefficient (Wildman–Crippen LogP) is 5.59. The van der Waals surface area contributed by atoms with E-state index in [9.17, 15) is 13.2 Å². The van der Waals surface area contributed by atoms with E-state index in [1.807, 2.05) is 53.2 Å². The van der Waals surface area contributed by atoms with Gasteiger partial charge in [0.05, 0.1) is 35.0 Å². The molecule has 0 radical (unpaired) electrons. The SMILES string of the molecule is CS(=O)(=O)Nc1cccc(-c2nc3cc(C(=O)CCCCn4ccnc4)ccc3nc2-c2ccccc2)c1. The first-order valence-electron chi connectivity index (χ1n) is 12.3. The molecular weight excluding hydrogens is 498 g/mol. The predicted molar refractivity (Wildman–Crippen MR) is 149 cm³/mol. The van der Waals surface area contributed by atoms with Gasteiger partial charge >= 0.3 is 0 Å². The molecule has 0 aliphatic heterocycles. The third-order valence-electron chi connectivity index (χ3n) is 6.10. The summed E-state index contributed by atoms with van der Waals surface area (Å²) < 4.78 is 28.1. The highest BCUT2D eigenvalue weighted by atomic mass is 32.2. The van der Waals surface area contributed by atoms with Crippen molar-refractivity contribution in [3.05, 3.63) is 97.1 Å². The number of imidazole rings is 1. The number of carbonyl (C=O) groups is 1. The Morgan fingerprint density at radius 1 is 0.868 bits per heavy atom. The minimum Gasteiger partial charge on any atom is -0.337 e. The van der Waals surface area contributed by atoms with Crippen molar-refractivity contribution in [3.8, 4) is 22.5 Å². The van der Waals surface area contributed by atoms with Gasteiger partial charge in [0.15, 0.2) is 5.78 Å². The second kappa shape index (κ2) is 10.9. The van der Waals surface area contributed by atoms with Crippen molar-refractivity contribution < 1.29 is 13.2 Å². The fraction of sp³-hybridized carbons (Fsp3) is 0.172. The number of carbonyl (C=O) groups excluding carboxylic acids is 1. The first-order chi connectivity index (χ1) is 18.4. The third-order valence-corrected chi connectivity index (χ3v) is 6.71. The van der Waals surface area contributed by atoms with Gasteiger partial charge in [-0.05, 0) is 43.2 Å². The van der Waals surface area contributed by atoms with E-state index in [0.29, 0.717) is 45.7 Å². The minimum absolute atomic E-state index is 0.0624. The van der Waals surface area contributed by atoms with Crippen molar-refractivity contribution in [2.45, 2.75) is 25.8 Å².